The van der Waals surface area contributed by atoms with Gasteiger partial charge in [-0.2, -0.15) is 0 Å². The van der Waals surface area contributed by atoms with E-state index in [0.29, 0.717) is 5.69 Å². The van der Waals surface area contributed by atoms with Crippen molar-refractivity contribution in [2.75, 3.05) is 5.32 Å². The van der Waals surface area contributed by atoms with Gasteiger partial charge >= 0.3 is 5.97 Å². The number of phenolic OH excluding ortho intramolecular Hbond substituents is 1. The number of nitrogens with one attached hydrogen (secondary N) is 1. The van der Waals surface area contributed by atoms with Crippen molar-refractivity contribution in [2.45, 2.75) is 13.0 Å². The largest absolute Gasteiger partial charge is 0.508 e. The molecule has 1 atom stereocenters. The maximum Gasteiger partial charge on any atom is 0.325 e. The first kappa shape index (κ1) is 6.77. The Hall–Kier alpha value is -1.71. The smallest absolute Gasteiger partial charge is 0.325 e. The zero-order valence-electron chi connectivity index (χ0n) is 9.03. The van der Waals surface area contributed by atoms with E-state index in [2.05, 4.69) is 5.32 Å². The van der Waals surface area contributed by atoms with Gasteiger partial charge in [-0.3, -0.25) is 4.79 Å². The van der Waals surface area contributed by atoms with Crippen molar-refractivity contribution < 1.29 is 17.7 Å². The molecule has 0 heterocycles. The monoisotopic (exact) mass is 183 g/mol. The second-order valence-corrected chi connectivity index (χ2v) is 2.59. The van der Waals surface area contributed by atoms with Crippen LogP contribution in [0.4, 0.5) is 5.69 Å². The number of carboxylic acids is 1. The van der Waals surface area contributed by atoms with E-state index < -0.39 is 17.8 Å². The van der Waals surface area contributed by atoms with Crippen LogP contribution in [0.15, 0.2) is 24.2 Å². The molecule has 0 fully saturated rings. The van der Waals surface area contributed by atoms with E-state index in [0.717, 1.165) is 0 Å². The first-order chi connectivity index (χ1) is 6.91. The van der Waals surface area contributed by atoms with Crippen molar-refractivity contribution in [1.82, 2.24) is 0 Å². The highest BCUT2D eigenvalue weighted by atomic mass is 16.4. The van der Waals surface area contributed by atoms with Crippen LogP contribution < -0.4 is 5.32 Å². The second kappa shape index (κ2) is 3.80. The Bertz CT molecular complexity index is 372. The van der Waals surface area contributed by atoms with E-state index in [-0.39, 0.29) is 12.1 Å². The van der Waals surface area contributed by atoms with Crippen LogP contribution in [0.1, 0.15) is 9.67 Å². The summed E-state index contributed by atoms with van der Waals surface area (Å²) in [5.74, 6) is -1.44. The third-order valence-electron chi connectivity index (χ3n) is 1.48. The summed E-state index contributed by atoms with van der Waals surface area (Å²) in [5, 5.41) is 20.4. The quantitative estimate of drug-likeness (QED) is 0.617. The van der Waals surface area contributed by atoms with Crippen molar-refractivity contribution in [3.05, 3.63) is 24.2 Å². The fraction of sp³-hybridized carbons (Fsp3) is 0.222. The van der Waals surface area contributed by atoms with Crippen LogP contribution in [0.3, 0.4) is 0 Å². The van der Waals surface area contributed by atoms with Crippen LogP contribution in [0.2, 0.25) is 0 Å². The molecule has 4 heteroatoms. The number of anilines is 1. The molecule has 1 aromatic carbocycles. The van der Waals surface area contributed by atoms with Gasteiger partial charge in [-0.1, -0.05) is 0 Å². The predicted molar refractivity (Wildman–Crippen MR) is 48.8 cm³/mol. The van der Waals surface area contributed by atoms with Gasteiger partial charge in [0.2, 0.25) is 0 Å². The minimum atomic E-state index is -1.03. The summed E-state index contributed by atoms with van der Waals surface area (Å²) < 4.78 is 14.6. The van der Waals surface area contributed by atoms with Crippen molar-refractivity contribution >= 4 is 11.7 Å². The van der Waals surface area contributed by atoms with Crippen molar-refractivity contribution in [1.29, 1.82) is 0 Å². The van der Waals surface area contributed by atoms with Crippen LogP contribution >= 0.6 is 0 Å². The Labute approximate surface area is 78.6 Å². The molecule has 0 saturated carbocycles. The number of benzene rings is 1. The predicted octanol–water partition coefficient (Wildman–Crippen LogP) is 1.28. The Kier molecular flexibility index (Phi) is 1.98. The Morgan fingerprint density at radius 2 is 2.15 bits per heavy atom. The maximum absolute atomic E-state index is 10.5. The van der Waals surface area contributed by atoms with Gasteiger partial charge in [-0.05, 0) is 31.1 Å². The number of rotatable bonds is 3. The van der Waals surface area contributed by atoms with E-state index in [1.54, 1.807) is 0 Å². The second-order valence-electron chi connectivity index (χ2n) is 2.59. The molecule has 0 saturated heterocycles. The Morgan fingerprint density at radius 3 is 2.62 bits per heavy atom. The van der Waals surface area contributed by atoms with Crippen molar-refractivity contribution in [2.24, 2.45) is 0 Å². The van der Waals surface area contributed by atoms with E-state index in [1.165, 1.54) is 19.1 Å². The molecule has 0 aliphatic rings. The highest BCUT2D eigenvalue weighted by Crippen LogP contribution is 2.14. The van der Waals surface area contributed by atoms with Gasteiger partial charge in [0.25, 0.3) is 0 Å². The molecule has 0 bridgehead atoms. The van der Waals surface area contributed by atoms with Gasteiger partial charge in [0.1, 0.15) is 11.8 Å². The molecule has 0 aliphatic carbocycles. The molecule has 1 rings (SSSR count). The van der Waals surface area contributed by atoms with Gasteiger partial charge in [-0.15, -0.1) is 0 Å². The van der Waals surface area contributed by atoms with Gasteiger partial charge in [0.05, 0.1) is 2.74 Å². The van der Waals surface area contributed by atoms with Crippen LogP contribution in [-0.4, -0.2) is 22.2 Å². The lowest BCUT2D eigenvalue weighted by molar-refractivity contribution is -0.137. The number of phenols is 1. The summed E-state index contributed by atoms with van der Waals surface area (Å²) in [6, 6.07) is 1.32. The van der Waals surface area contributed by atoms with Gasteiger partial charge < -0.3 is 15.5 Å². The topological polar surface area (TPSA) is 69.6 Å². The number of aromatic hydroxyl groups is 1. The number of aliphatic carboxylic acids is 1. The fourth-order valence-electron chi connectivity index (χ4n) is 0.771. The summed E-state index contributed by atoms with van der Waals surface area (Å²) >= 11 is 0. The van der Waals surface area contributed by atoms with Gasteiger partial charge in [-0.25, -0.2) is 0 Å². The van der Waals surface area contributed by atoms with Crippen LogP contribution in [-0.2, 0) is 4.79 Å². The van der Waals surface area contributed by atoms with E-state index in [4.69, 9.17) is 13.0 Å². The highest BCUT2D eigenvalue weighted by Gasteiger charge is 2.09. The minimum absolute atomic E-state index is 0.206. The lowest BCUT2D eigenvalue weighted by Gasteiger charge is -2.09. The fourth-order valence-corrected chi connectivity index (χ4v) is 0.771. The summed E-state index contributed by atoms with van der Waals surface area (Å²) in [6.45, 7) is 1.45. The zero-order chi connectivity index (χ0) is 11.6. The van der Waals surface area contributed by atoms with Crippen LogP contribution in [0.5, 0.6) is 5.75 Å². The molecular weight excluding hydrogens is 170 g/mol. The molecule has 70 valence electrons. The molecule has 4 nitrogen and oxygen atoms in total. The molecule has 13 heavy (non-hydrogen) atoms. The third kappa shape index (κ3) is 2.66. The van der Waals surface area contributed by atoms with Gasteiger partial charge in [0, 0.05) is 5.69 Å². The molecule has 0 amide bonds. The highest BCUT2D eigenvalue weighted by molar-refractivity contribution is 5.76. The number of hydrogen-bond acceptors (Lipinski definition) is 3. The molecular formula is C9H11NO3. The van der Waals surface area contributed by atoms with Crippen molar-refractivity contribution in [3.8, 4) is 5.75 Å². The third-order valence-corrected chi connectivity index (χ3v) is 1.48. The van der Waals surface area contributed by atoms with E-state index >= 15 is 0 Å². The SMILES string of the molecule is [2H]c1cc(NC(C)C(=O)O)cc([2H])c1O. The first-order valence-corrected chi connectivity index (χ1v) is 3.71. The Morgan fingerprint density at radius 1 is 1.62 bits per heavy atom. The molecule has 1 aromatic rings. The summed E-state index contributed by atoms with van der Waals surface area (Å²) in [5.41, 5.74) is 0.331. The summed E-state index contributed by atoms with van der Waals surface area (Å²) in [7, 11) is 0. The molecule has 0 aromatic heterocycles. The summed E-state index contributed by atoms with van der Waals surface area (Å²) in [4.78, 5) is 10.5. The normalized spacial score (nSPS) is 14.2. The Balaban J connectivity index is 2.92. The molecule has 0 spiro atoms. The molecule has 0 radical (unpaired) electrons. The molecule has 0 aliphatic heterocycles. The summed E-state index contributed by atoms with van der Waals surface area (Å²) in [6.07, 6.45) is 0. The first-order valence-electron chi connectivity index (χ1n) is 4.71. The number of carboxylic acid groups (broad SMARTS) is 1. The number of carbonyl (C=O) groups is 1. The van der Waals surface area contributed by atoms with E-state index in [9.17, 15) is 4.79 Å². The minimum Gasteiger partial charge on any atom is -0.508 e. The van der Waals surface area contributed by atoms with Crippen LogP contribution in [0, 0.1) is 0 Å². The van der Waals surface area contributed by atoms with E-state index in [1.807, 2.05) is 0 Å². The lowest BCUT2D eigenvalue weighted by atomic mass is 10.2. The standard InChI is InChI=1S/C9H11NO3/c1-6(9(12)13)10-7-2-4-8(11)5-3-7/h2-6,10-11H,1H3,(H,12,13)/i4D,5D. The zero-order valence-corrected chi connectivity index (χ0v) is 7.03. The average molecular weight is 183 g/mol. The van der Waals surface area contributed by atoms with Gasteiger partial charge in [0.15, 0.2) is 0 Å². The lowest BCUT2D eigenvalue weighted by Crippen LogP contribution is -2.25. The average Bonchev–Trinajstić information content (AvgIpc) is 2.13. The van der Waals surface area contributed by atoms with Crippen molar-refractivity contribution in [3.63, 3.8) is 0 Å². The maximum atomic E-state index is 10.5. The molecule has 1 unspecified atom stereocenters. The van der Waals surface area contributed by atoms with Crippen LogP contribution in [0.25, 0.3) is 0 Å². The number of hydrogen-bond donors (Lipinski definition) is 3. The molecule has 3 N–H and O–H groups in total.